The molecule has 0 amide bonds. The zero-order valence-electron chi connectivity index (χ0n) is 17.2. The van der Waals surface area contributed by atoms with E-state index in [1.54, 1.807) is 27.7 Å². The lowest BCUT2D eigenvalue weighted by Crippen LogP contribution is -2.52. The second-order valence-electron chi connectivity index (χ2n) is 8.47. The van der Waals surface area contributed by atoms with E-state index < -0.39 is 0 Å². The maximum atomic E-state index is 12.7. The first kappa shape index (κ1) is 18.8. The van der Waals surface area contributed by atoms with Crippen molar-refractivity contribution in [1.82, 2.24) is 29.1 Å². The van der Waals surface area contributed by atoms with Crippen LogP contribution in [0.5, 0.6) is 0 Å². The third kappa shape index (κ3) is 3.55. The molecule has 3 aromatic rings. The van der Waals surface area contributed by atoms with Gasteiger partial charge in [0.25, 0.3) is 11.1 Å². The molecule has 2 fully saturated rings. The molecule has 0 radical (unpaired) electrons. The molecule has 1 saturated heterocycles. The Balaban J connectivity index is 1.29. The second-order valence-corrected chi connectivity index (χ2v) is 8.47. The van der Waals surface area contributed by atoms with Gasteiger partial charge in [0, 0.05) is 49.7 Å². The van der Waals surface area contributed by atoms with Crippen LogP contribution in [0.3, 0.4) is 0 Å². The summed E-state index contributed by atoms with van der Waals surface area (Å²) < 4.78 is 5.02. The summed E-state index contributed by atoms with van der Waals surface area (Å²) in [7, 11) is 0. The van der Waals surface area contributed by atoms with Crippen molar-refractivity contribution < 1.29 is 0 Å². The molecule has 30 heavy (non-hydrogen) atoms. The largest absolute Gasteiger partial charge is 0.351 e. The molecule has 0 spiro atoms. The fourth-order valence-corrected chi connectivity index (χ4v) is 4.02. The molecule has 0 unspecified atom stereocenters. The molecule has 4 heterocycles. The summed E-state index contributed by atoms with van der Waals surface area (Å²) in [5, 5.41) is 8.96. The van der Waals surface area contributed by atoms with Gasteiger partial charge in [-0.1, -0.05) is 0 Å². The molecule has 0 N–H and O–H groups in total. The smallest absolute Gasteiger partial charge is 0.293 e. The molecular weight excluding hydrogens is 382 g/mol. The minimum atomic E-state index is -0.136. The zero-order valence-corrected chi connectivity index (χ0v) is 17.2. The SMILES string of the molecule is Cc1cc(C)n(-c2ccc(=O)n(CC3CN(c4nccn(CC5CC5)c4=O)C3)n2)n1. The van der Waals surface area contributed by atoms with Gasteiger partial charge in [0.05, 0.1) is 12.2 Å². The van der Waals surface area contributed by atoms with Crippen LogP contribution >= 0.6 is 0 Å². The Morgan fingerprint density at radius 3 is 2.53 bits per heavy atom. The van der Waals surface area contributed by atoms with Gasteiger partial charge in [0.2, 0.25) is 0 Å². The van der Waals surface area contributed by atoms with Crippen LogP contribution < -0.4 is 16.0 Å². The van der Waals surface area contributed by atoms with Crippen LogP contribution in [-0.4, -0.2) is 42.2 Å². The Labute approximate surface area is 173 Å². The van der Waals surface area contributed by atoms with Crippen LogP contribution in [0.15, 0.2) is 40.2 Å². The maximum absolute atomic E-state index is 12.7. The van der Waals surface area contributed by atoms with Gasteiger partial charge in [-0.15, -0.1) is 5.10 Å². The Kier molecular flexibility index (Phi) is 4.52. The highest BCUT2D eigenvalue weighted by atomic mass is 16.1. The number of rotatable bonds is 6. The average Bonchev–Trinajstić information content (AvgIpc) is 3.43. The highest BCUT2D eigenvalue weighted by Gasteiger charge is 2.31. The molecule has 0 aromatic carbocycles. The number of nitrogens with zero attached hydrogens (tertiary/aromatic N) is 7. The van der Waals surface area contributed by atoms with Gasteiger partial charge in [0.1, 0.15) is 0 Å². The minimum absolute atomic E-state index is 0.0235. The normalized spacial score (nSPS) is 16.7. The van der Waals surface area contributed by atoms with E-state index in [1.807, 2.05) is 24.8 Å². The van der Waals surface area contributed by atoms with Gasteiger partial charge in [0.15, 0.2) is 11.6 Å². The fraction of sp³-hybridized carbons (Fsp3) is 0.476. The van der Waals surface area contributed by atoms with Crippen LogP contribution in [0, 0.1) is 25.7 Å². The lowest BCUT2D eigenvalue weighted by atomic mass is 10.0. The predicted octanol–water partition coefficient (Wildman–Crippen LogP) is 1.15. The van der Waals surface area contributed by atoms with E-state index in [9.17, 15) is 9.59 Å². The standard InChI is InChI=1S/C21H25N7O2/c1-14-9-15(2)28(23-14)18-5-6-19(29)27(24-18)13-17-11-26(12-17)20-21(30)25(8-7-22-20)10-16-3-4-16/h5-9,16-17H,3-4,10-13H2,1-2H3. The summed E-state index contributed by atoms with van der Waals surface area (Å²) >= 11 is 0. The Morgan fingerprint density at radius 2 is 1.83 bits per heavy atom. The van der Waals surface area contributed by atoms with E-state index in [1.165, 1.54) is 23.6 Å². The van der Waals surface area contributed by atoms with Crippen LogP contribution in [0.25, 0.3) is 5.82 Å². The van der Waals surface area contributed by atoms with E-state index in [0.29, 0.717) is 37.2 Å². The Bertz CT molecular complexity index is 1200. The van der Waals surface area contributed by atoms with E-state index >= 15 is 0 Å². The van der Waals surface area contributed by atoms with Crippen LogP contribution in [0.1, 0.15) is 24.2 Å². The van der Waals surface area contributed by atoms with Gasteiger partial charge in [-0.25, -0.2) is 14.3 Å². The van der Waals surface area contributed by atoms with Gasteiger partial charge in [-0.3, -0.25) is 9.59 Å². The van der Waals surface area contributed by atoms with Crippen LogP contribution in [0.2, 0.25) is 0 Å². The van der Waals surface area contributed by atoms with Crippen molar-refractivity contribution in [1.29, 1.82) is 0 Å². The van der Waals surface area contributed by atoms with Crippen molar-refractivity contribution in [2.75, 3.05) is 18.0 Å². The van der Waals surface area contributed by atoms with E-state index in [2.05, 4.69) is 15.2 Å². The summed E-state index contributed by atoms with van der Waals surface area (Å²) in [5.74, 6) is 2.01. The maximum Gasteiger partial charge on any atom is 0.293 e. The first-order valence-corrected chi connectivity index (χ1v) is 10.4. The second kappa shape index (κ2) is 7.23. The molecule has 1 saturated carbocycles. The van der Waals surface area contributed by atoms with Crippen molar-refractivity contribution in [2.24, 2.45) is 11.8 Å². The van der Waals surface area contributed by atoms with Crippen molar-refractivity contribution in [3.63, 3.8) is 0 Å². The zero-order chi connectivity index (χ0) is 20.8. The summed E-state index contributed by atoms with van der Waals surface area (Å²) in [6.07, 6.45) is 5.88. The Hall–Kier alpha value is -3.23. The quantitative estimate of drug-likeness (QED) is 0.609. The summed E-state index contributed by atoms with van der Waals surface area (Å²) in [5.41, 5.74) is 1.72. The average molecular weight is 407 g/mol. The summed E-state index contributed by atoms with van der Waals surface area (Å²) in [6.45, 7) is 6.56. The molecule has 1 aliphatic carbocycles. The molecular formula is C21H25N7O2. The van der Waals surface area contributed by atoms with Crippen molar-refractivity contribution >= 4 is 5.82 Å². The molecule has 9 nitrogen and oxygen atoms in total. The van der Waals surface area contributed by atoms with E-state index in [0.717, 1.165) is 17.9 Å². The highest BCUT2D eigenvalue weighted by molar-refractivity contribution is 5.39. The predicted molar refractivity (Wildman–Crippen MR) is 112 cm³/mol. The highest BCUT2D eigenvalue weighted by Crippen LogP contribution is 2.30. The molecule has 9 heteroatoms. The summed E-state index contributed by atoms with van der Waals surface area (Å²) in [6, 6.07) is 5.20. The number of aromatic nitrogens is 6. The monoisotopic (exact) mass is 407 g/mol. The van der Waals surface area contributed by atoms with Crippen molar-refractivity contribution in [3.8, 4) is 5.82 Å². The first-order chi connectivity index (χ1) is 14.5. The van der Waals surface area contributed by atoms with Gasteiger partial charge >= 0.3 is 0 Å². The van der Waals surface area contributed by atoms with E-state index in [-0.39, 0.29) is 17.0 Å². The van der Waals surface area contributed by atoms with E-state index in [4.69, 9.17) is 0 Å². The van der Waals surface area contributed by atoms with Crippen LogP contribution in [-0.2, 0) is 13.1 Å². The van der Waals surface area contributed by atoms with Crippen molar-refractivity contribution in [3.05, 3.63) is 62.7 Å². The molecule has 0 atom stereocenters. The molecule has 1 aliphatic heterocycles. The molecule has 0 bridgehead atoms. The number of hydrogen-bond donors (Lipinski definition) is 0. The topological polar surface area (TPSA) is 90.8 Å². The fourth-order valence-electron chi connectivity index (χ4n) is 4.02. The van der Waals surface area contributed by atoms with Gasteiger partial charge < -0.3 is 9.47 Å². The lowest BCUT2D eigenvalue weighted by Gasteiger charge is -2.39. The Morgan fingerprint density at radius 1 is 1.03 bits per heavy atom. The third-order valence-corrected chi connectivity index (χ3v) is 5.81. The van der Waals surface area contributed by atoms with Gasteiger partial charge in [-0.2, -0.15) is 5.10 Å². The molecule has 2 aliphatic rings. The van der Waals surface area contributed by atoms with Crippen molar-refractivity contribution in [2.45, 2.75) is 39.8 Å². The molecule has 156 valence electrons. The number of hydrogen-bond acceptors (Lipinski definition) is 6. The minimum Gasteiger partial charge on any atom is -0.351 e. The third-order valence-electron chi connectivity index (χ3n) is 5.81. The number of anilines is 1. The first-order valence-electron chi connectivity index (χ1n) is 10.4. The van der Waals surface area contributed by atoms with Gasteiger partial charge in [-0.05, 0) is 44.7 Å². The van der Waals surface area contributed by atoms with Crippen LogP contribution in [0.4, 0.5) is 5.82 Å². The number of aryl methyl sites for hydroxylation is 2. The molecule has 5 rings (SSSR count). The molecule has 3 aromatic heterocycles. The lowest BCUT2D eigenvalue weighted by molar-refractivity contribution is 0.330. The summed E-state index contributed by atoms with van der Waals surface area (Å²) in [4.78, 5) is 31.3.